The summed E-state index contributed by atoms with van der Waals surface area (Å²) in [5.41, 5.74) is 0. The van der Waals surface area contributed by atoms with Crippen molar-refractivity contribution < 1.29 is 4.79 Å². The SMILES string of the molecule is O=C(Nc1ccccn1)C1CSCCN1. The third kappa shape index (κ3) is 2.94. The molecule has 0 aromatic carbocycles. The van der Waals surface area contributed by atoms with Crippen LogP contribution < -0.4 is 10.6 Å². The third-order valence-electron chi connectivity index (χ3n) is 2.15. The molecule has 5 heteroatoms. The van der Waals surface area contributed by atoms with Gasteiger partial charge in [0.15, 0.2) is 0 Å². The summed E-state index contributed by atoms with van der Waals surface area (Å²) in [4.78, 5) is 15.8. The minimum absolute atomic E-state index is 0.000833. The van der Waals surface area contributed by atoms with Gasteiger partial charge in [-0.3, -0.25) is 4.79 Å². The summed E-state index contributed by atoms with van der Waals surface area (Å²) < 4.78 is 0. The van der Waals surface area contributed by atoms with Gasteiger partial charge in [0.1, 0.15) is 5.82 Å². The first-order chi connectivity index (χ1) is 7.36. The molecule has 2 N–H and O–H groups in total. The second-order valence-corrected chi connectivity index (χ2v) is 4.44. The minimum atomic E-state index is -0.0919. The highest BCUT2D eigenvalue weighted by Gasteiger charge is 2.20. The van der Waals surface area contributed by atoms with Gasteiger partial charge in [-0.2, -0.15) is 11.8 Å². The molecule has 15 heavy (non-hydrogen) atoms. The Morgan fingerprint density at radius 3 is 3.20 bits per heavy atom. The maximum absolute atomic E-state index is 11.7. The fourth-order valence-electron chi connectivity index (χ4n) is 1.38. The van der Waals surface area contributed by atoms with Gasteiger partial charge in [-0.25, -0.2) is 4.98 Å². The molecule has 1 fully saturated rings. The van der Waals surface area contributed by atoms with Gasteiger partial charge in [0.25, 0.3) is 0 Å². The Morgan fingerprint density at radius 2 is 2.53 bits per heavy atom. The molecule has 2 heterocycles. The molecule has 0 saturated carbocycles. The van der Waals surface area contributed by atoms with E-state index < -0.39 is 0 Å². The normalized spacial score (nSPS) is 20.9. The van der Waals surface area contributed by atoms with Crippen LogP contribution in [-0.2, 0) is 4.79 Å². The van der Waals surface area contributed by atoms with Gasteiger partial charge in [0.05, 0.1) is 6.04 Å². The molecule has 1 aromatic heterocycles. The monoisotopic (exact) mass is 223 g/mol. The molecule has 1 aliphatic rings. The number of hydrogen-bond donors (Lipinski definition) is 2. The minimum Gasteiger partial charge on any atom is -0.309 e. The van der Waals surface area contributed by atoms with Crippen molar-refractivity contribution in [3.8, 4) is 0 Å². The molecule has 4 nitrogen and oxygen atoms in total. The van der Waals surface area contributed by atoms with Crippen LogP contribution in [0.15, 0.2) is 24.4 Å². The summed E-state index contributed by atoms with van der Waals surface area (Å²) in [7, 11) is 0. The highest BCUT2D eigenvalue weighted by Crippen LogP contribution is 2.09. The smallest absolute Gasteiger partial charge is 0.243 e. The molecule has 1 atom stereocenters. The molecular weight excluding hydrogens is 210 g/mol. The van der Waals surface area contributed by atoms with E-state index in [1.54, 1.807) is 24.0 Å². The average Bonchev–Trinajstić information content (AvgIpc) is 2.31. The predicted molar refractivity (Wildman–Crippen MR) is 62.0 cm³/mol. The number of thioether (sulfide) groups is 1. The van der Waals surface area contributed by atoms with Crippen molar-refractivity contribution >= 4 is 23.5 Å². The van der Waals surface area contributed by atoms with Crippen molar-refractivity contribution in [1.29, 1.82) is 0 Å². The molecule has 1 amide bonds. The van der Waals surface area contributed by atoms with E-state index in [0.717, 1.165) is 18.1 Å². The standard InChI is InChI=1S/C10H13N3OS/c14-10(8-7-15-6-5-11-8)13-9-3-1-2-4-12-9/h1-4,8,11H,5-7H2,(H,12,13,14). The molecule has 1 unspecified atom stereocenters. The summed E-state index contributed by atoms with van der Waals surface area (Å²) in [5.74, 6) is 2.52. The largest absolute Gasteiger partial charge is 0.309 e. The predicted octanol–water partition coefficient (Wildman–Crippen LogP) is 0.725. The molecule has 0 aliphatic carbocycles. The van der Waals surface area contributed by atoms with Crippen molar-refractivity contribution in [2.75, 3.05) is 23.4 Å². The van der Waals surface area contributed by atoms with Gasteiger partial charge in [-0.1, -0.05) is 6.07 Å². The lowest BCUT2D eigenvalue weighted by molar-refractivity contribution is -0.117. The van der Waals surface area contributed by atoms with E-state index in [4.69, 9.17) is 0 Å². The highest BCUT2D eigenvalue weighted by atomic mass is 32.2. The molecule has 2 rings (SSSR count). The maximum Gasteiger partial charge on any atom is 0.243 e. The molecular formula is C10H13N3OS. The number of aromatic nitrogens is 1. The first-order valence-corrected chi connectivity index (χ1v) is 6.05. The van der Waals surface area contributed by atoms with Crippen LogP contribution in [0.2, 0.25) is 0 Å². The number of amides is 1. The zero-order valence-electron chi connectivity index (χ0n) is 8.27. The number of pyridine rings is 1. The van der Waals surface area contributed by atoms with E-state index in [1.807, 2.05) is 12.1 Å². The number of carbonyl (C=O) groups excluding carboxylic acids is 1. The van der Waals surface area contributed by atoms with Crippen LogP contribution in [0.5, 0.6) is 0 Å². The summed E-state index contributed by atoms with van der Waals surface area (Å²) >= 11 is 1.80. The van der Waals surface area contributed by atoms with Crippen molar-refractivity contribution in [2.45, 2.75) is 6.04 Å². The Hall–Kier alpha value is -1.07. The van der Waals surface area contributed by atoms with Gasteiger partial charge < -0.3 is 10.6 Å². The molecule has 0 bridgehead atoms. The van der Waals surface area contributed by atoms with Crippen LogP contribution >= 0.6 is 11.8 Å². The lowest BCUT2D eigenvalue weighted by atomic mass is 10.3. The fraction of sp³-hybridized carbons (Fsp3) is 0.400. The molecule has 0 spiro atoms. The number of nitrogens with zero attached hydrogens (tertiary/aromatic N) is 1. The van der Waals surface area contributed by atoms with Crippen LogP contribution in [0.3, 0.4) is 0 Å². The van der Waals surface area contributed by atoms with Crippen LogP contribution in [0.25, 0.3) is 0 Å². The van der Waals surface area contributed by atoms with Crippen molar-refractivity contribution in [3.63, 3.8) is 0 Å². The molecule has 0 radical (unpaired) electrons. The summed E-state index contributed by atoms with van der Waals surface area (Å²) in [6.07, 6.45) is 1.67. The van der Waals surface area contributed by atoms with Crippen LogP contribution in [0, 0.1) is 0 Å². The Balaban J connectivity index is 1.91. The summed E-state index contributed by atoms with van der Waals surface area (Å²) in [6.45, 7) is 0.894. The number of nitrogens with one attached hydrogen (secondary N) is 2. The summed E-state index contributed by atoms with van der Waals surface area (Å²) in [6, 6.07) is 5.37. The first kappa shape index (κ1) is 10.4. The van der Waals surface area contributed by atoms with Gasteiger partial charge in [0.2, 0.25) is 5.91 Å². The Bertz CT molecular complexity index is 325. The van der Waals surface area contributed by atoms with E-state index in [9.17, 15) is 4.79 Å². The van der Waals surface area contributed by atoms with Crippen LogP contribution in [-0.4, -0.2) is 35.0 Å². The van der Waals surface area contributed by atoms with E-state index >= 15 is 0 Å². The third-order valence-corrected chi connectivity index (χ3v) is 3.22. The second-order valence-electron chi connectivity index (χ2n) is 3.29. The molecule has 1 aliphatic heterocycles. The van der Waals surface area contributed by atoms with Crippen molar-refractivity contribution in [1.82, 2.24) is 10.3 Å². The van der Waals surface area contributed by atoms with Crippen LogP contribution in [0.4, 0.5) is 5.82 Å². The average molecular weight is 223 g/mol. The number of anilines is 1. The molecule has 1 saturated heterocycles. The number of carbonyl (C=O) groups is 1. The lowest BCUT2D eigenvalue weighted by Gasteiger charge is -2.21. The van der Waals surface area contributed by atoms with E-state index in [-0.39, 0.29) is 11.9 Å². The first-order valence-electron chi connectivity index (χ1n) is 4.89. The quantitative estimate of drug-likeness (QED) is 0.776. The zero-order valence-corrected chi connectivity index (χ0v) is 9.09. The Kier molecular flexibility index (Phi) is 3.58. The van der Waals surface area contributed by atoms with Gasteiger partial charge >= 0.3 is 0 Å². The van der Waals surface area contributed by atoms with E-state index in [0.29, 0.717) is 5.82 Å². The van der Waals surface area contributed by atoms with Gasteiger partial charge in [-0.05, 0) is 12.1 Å². The van der Waals surface area contributed by atoms with Crippen LogP contribution in [0.1, 0.15) is 0 Å². The van der Waals surface area contributed by atoms with E-state index in [2.05, 4.69) is 15.6 Å². The fourth-order valence-corrected chi connectivity index (χ4v) is 2.32. The molecule has 1 aromatic rings. The van der Waals surface area contributed by atoms with Gasteiger partial charge in [-0.15, -0.1) is 0 Å². The Labute approximate surface area is 92.9 Å². The second kappa shape index (κ2) is 5.14. The highest BCUT2D eigenvalue weighted by molar-refractivity contribution is 7.99. The number of rotatable bonds is 2. The molecule has 80 valence electrons. The van der Waals surface area contributed by atoms with Crippen molar-refractivity contribution in [3.05, 3.63) is 24.4 Å². The van der Waals surface area contributed by atoms with Crippen molar-refractivity contribution in [2.24, 2.45) is 0 Å². The maximum atomic E-state index is 11.7. The van der Waals surface area contributed by atoms with E-state index in [1.165, 1.54) is 0 Å². The topological polar surface area (TPSA) is 54.0 Å². The summed E-state index contributed by atoms with van der Waals surface area (Å²) in [5, 5.41) is 5.96. The Morgan fingerprint density at radius 1 is 1.60 bits per heavy atom. The lowest BCUT2D eigenvalue weighted by Crippen LogP contribution is -2.46. The zero-order chi connectivity index (χ0) is 10.5. The van der Waals surface area contributed by atoms with Gasteiger partial charge in [0, 0.05) is 24.2 Å². The number of hydrogen-bond acceptors (Lipinski definition) is 4.